The molecule has 81 heavy (non-hydrogen) atoms. The summed E-state index contributed by atoms with van der Waals surface area (Å²) in [6, 6.07) is 1.54. The van der Waals surface area contributed by atoms with E-state index in [4.69, 9.17) is 11.5 Å². The summed E-state index contributed by atoms with van der Waals surface area (Å²) < 4.78 is 0. The number of aromatic amines is 1. The lowest BCUT2D eigenvalue weighted by Crippen LogP contribution is -2.63. The van der Waals surface area contributed by atoms with Gasteiger partial charge in [-0.05, 0) is 76.1 Å². The smallest absolute Gasteiger partial charge is 0.252 e. The number of H-pyrrole nitrogens is 1. The number of benzene rings is 2. The highest BCUT2D eigenvalue weighted by Gasteiger charge is 2.43. The first-order chi connectivity index (χ1) is 38.3. The van der Waals surface area contributed by atoms with Crippen LogP contribution in [0.4, 0.5) is 5.69 Å². The van der Waals surface area contributed by atoms with Crippen LogP contribution in [0.2, 0.25) is 0 Å². The number of carbonyl (C=O) groups excluding carboxylic acids is 12. The summed E-state index contributed by atoms with van der Waals surface area (Å²) in [7, 11) is 0. The first-order valence-corrected chi connectivity index (χ1v) is 26.5. The Labute approximate surface area is 466 Å². The molecule has 2 aromatic carbocycles. The molecular weight excluding hydrogens is 1060 g/mol. The van der Waals surface area contributed by atoms with Crippen molar-refractivity contribution in [1.82, 2.24) is 52.4 Å². The minimum atomic E-state index is -1.76. The molecule has 0 aliphatic carbocycles. The highest BCUT2D eigenvalue weighted by molar-refractivity contribution is 6.06. The Morgan fingerprint density at radius 3 is 1.95 bits per heavy atom. The predicted octanol–water partition coefficient (Wildman–Crippen LogP) is -4.41. The Balaban J connectivity index is 1.33. The summed E-state index contributed by atoms with van der Waals surface area (Å²) in [6.45, 7) is 5.67. The van der Waals surface area contributed by atoms with Crippen molar-refractivity contribution < 1.29 is 72.9 Å². The van der Waals surface area contributed by atoms with Crippen LogP contribution in [0.3, 0.4) is 0 Å². The highest BCUT2D eigenvalue weighted by Crippen LogP contribution is 2.24. The Morgan fingerprint density at radius 1 is 0.716 bits per heavy atom. The van der Waals surface area contributed by atoms with Crippen molar-refractivity contribution >= 4 is 87.5 Å². The number of nitrogens with one attached hydrogen (secondary N) is 9. The molecule has 3 aromatic rings. The monoisotopic (exact) mass is 1130 g/mol. The van der Waals surface area contributed by atoms with Crippen LogP contribution in [-0.4, -0.2) is 182 Å². The molecule has 5 rings (SSSR count). The molecule has 2 aliphatic heterocycles. The molecule has 16 N–H and O–H groups in total. The number of aliphatic hydroxyl groups is 3. The van der Waals surface area contributed by atoms with Gasteiger partial charge >= 0.3 is 0 Å². The van der Waals surface area contributed by atoms with Crippen molar-refractivity contribution in [1.29, 1.82) is 0 Å². The molecule has 9 unspecified atom stereocenters. The zero-order chi connectivity index (χ0) is 59.8. The molecule has 1 aromatic heterocycles. The fourth-order valence-electron chi connectivity index (χ4n) is 9.39. The van der Waals surface area contributed by atoms with Crippen LogP contribution in [0.5, 0.6) is 0 Å². The SMILES string of the molecule is CC(C)CC(NC(=O)[C@@H]1CCC(=O)N1)C(=O)NC(C(=O)N(c1ccccc1)C(C)C(=O)NC(C(=O)N1CCC[C@H]1C(=O)NC(CC(N)=O)C(=O)NC(Cc1c[nH]c2ccccc12)C(=O)NCC(=O)NC(CO)C(N)=O)C(C)O)C(C)O. The van der Waals surface area contributed by atoms with Crippen molar-refractivity contribution in [2.45, 2.75) is 146 Å². The summed E-state index contributed by atoms with van der Waals surface area (Å²) >= 11 is 0. The van der Waals surface area contributed by atoms with Gasteiger partial charge in [0.1, 0.15) is 54.4 Å². The second-order valence-corrected chi connectivity index (χ2v) is 20.5. The first kappa shape index (κ1) is 63.3. The van der Waals surface area contributed by atoms with E-state index in [0.29, 0.717) is 16.5 Å². The van der Waals surface area contributed by atoms with Gasteiger partial charge in [-0.1, -0.05) is 50.2 Å². The molecule has 3 heterocycles. The Bertz CT molecular complexity index is 2810. The number of hydrogen-bond donors (Lipinski definition) is 14. The molecule has 28 nitrogen and oxygen atoms in total. The van der Waals surface area contributed by atoms with Gasteiger partial charge in [-0.3, -0.25) is 62.4 Å². The van der Waals surface area contributed by atoms with Crippen LogP contribution in [0.15, 0.2) is 60.8 Å². The number of nitrogens with two attached hydrogens (primary N) is 2. The van der Waals surface area contributed by atoms with Crippen LogP contribution in [0.1, 0.15) is 78.7 Å². The number of anilines is 1. The fourth-order valence-corrected chi connectivity index (χ4v) is 9.39. The van der Waals surface area contributed by atoms with Crippen LogP contribution in [-0.2, 0) is 64.0 Å². The summed E-state index contributed by atoms with van der Waals surface area (Å²) in [4.78, 5) is 166. The summed E-state index contributed by atoms with van der Waals surface area (Å²) in [5.74, 6) is -10.8. The maximum atomic E-state index is 14.6. The maximum Gasteiger partial charge on any atom is 0.252 e. The zero-order valence-corrected chi connectivity index (χ0v) is 45.6. The van der Waals surface area contributed by atoms with Gasteiger partial charge in [0.15, 0.2) is 0 Å². The van der Waals surface area contributed by atoms with E-state index in [1.165, 1.54) is 32.9 Å². The van der Waals surface area contributed by atoms with Crippen molar-refractivity contribution in [2.75, 3.05) is 24.6 Å². The van der Waals surface area contributed by atoms with E-state index < -0.39 is 151 Å². The second-order valence-electron chi connectivity index (χ2n) is 20.5. The molecule has 440 valence electrons. The molecule has 2 fully saturated rings. The molecule has 0 saturated carbocycles. The van der Waals surface area contributed by atoms with Gasteiger partial charge in [-0.2, -0.15) is 0 Å². The number of para-hydroxylation sites is 2. The minimum absolute atomic E-state index is 0.00149. The van der Waals surface area contributed by atoms with Gasteiger partial charge in [0.25, 0.3) is 5.91 Å². The molecule has 28 heteroatoms. The molecule has 2 saturated heterocycles. The number of nitrogens with zero attached hydrogens (tertiary/aromatic N) is 2. The topological polar surface area (TPSA) is 436 Å². The van der Waals surface area contributed by atoms with Crippen LogP contribution >= 0.6 is 0 Å². The third-order valence-corrected chi connectivity index (χ3v) is 13.7. The molecule has 0 bridgehead atoms. The number of likely N-dealkylation sites (tertiary alicyclic amines) is 1. The Kier molecular flexibility index (Phi) is 22.8. The summed E-state index contributed by atoms with van der Waals surface area (Å²) in [5, 5.41) is 51.8. The number of rotatable bonds is 28. The van der Waals surface area contributed by atoms with Crippen molar-refractivity contribution in [3.05, 3.63) is 66.4 Å². The van der Waals surface area contributed by atoms with E-state index in [0.717, 1.165) is 9.80 Å². The van der Waals surface area contributed by atoms with Gasteiger partial charge in [0.2, 0.25) is 65.0 Å². The van der Waals surface area contributed by atoms with E-state index in [-0.39, 0.29) is 62.6 Å². The third kappa shape index (κ3) is 17.2. The van der Waals surface area contributed by atoms with E-state index in [1.807, 2.05) is 0 Å². The number of aliphatic hydroxyl groups excluding tert-OH is 3. The number of amides is 12. The van der Waals surface area contributed by atoms with Gasteiger partial charge in [-0.25, -0.2) is 0 Å². The molecule has 2 aliphatic rings. The lowest BCUT2D eigenvalue weighted by atomic mass is 10.0. The predicted molar refractivity (Wildman–Crippen MR) is 289 cm³/mol. The lowest BCUT2D eigenvalue weighted by molar-refractivity contribution is -0.144. The van der Waals surface area contributed by atoms with E-state index in [2.05, 4.69) is 47.5 Å². The average Bonchev–Trinajstić information content (AvgIpc) is 4.28. The van der Waals surface area contributed by atoms with Crippen molar-refractivity contribution in [3.63, 3.8) is 0 Å². The normalized spacial score (nSPS) is 18.3. The standard InChI is InChI=1S/C53H73N13O15/c1-26(2)20-35(60-48(76)34-17-18-41(71)58-34)50(78)64-44(29(5)69)53(81)66(31-12-7-6-8-13-31)27(3)46(74)63-43(28(4)68)52(80)65-19-11-16-39(65)51(79)62-37(22-40(54)70)49(77)61-36(21-30-23-56-33-15-10-9-14-32(30)33)47(75)57-24-42(72)59-38(25-67)45(55)73/h6-10,12-15,23,26-29,34-39,43-44,56,67-69H,11,16-22,24-25H2,1-5H3,(H2,54,70)(H2,55,73)(H,57,75)(H,58,71)(H,59,72)(H,60,76)(H,61,77)(H,62,79)(H,63,74)(H,64,78)/t27?,28?,29?,34-,35?,36?,37?,38?,39-,43?,44?/m0/s1. The first-order valence-electron chi connectivity index (χ1n) is 26.5. The lowest BCUT2D eigenvalue weighted by Gasteiger charge is -2.35. The summed E-state index contributed by atoms with van der Waals surface area (Å²) in [6.07, 6.45) is -1.97. The highest BCUT2D eigenvalue weighted by atomic mass is 16.3. The van der Waals surface area contributed by atoms with E-state index in [1.54, 1.807) is 62.5 Å². The van der Waals surface area contributed by atoms with Crippen LogP contribution < -0.4 is 58.9 Å². The number of primary amides is 2. The maximum absolute atomic E-state index is 14.6. The van der Waals surface area contributed by atoms with Crippen LogP contribution in [0.25, 0.3) is 10.9 Å². The van der Waals surface area contributed by atoms with E-state index in [9.17, 15) is 72.9 Å². The third-order valence-electron chi connectivity index (χ3n) is 13.7. The second kappa shape index (κ2) is 29.1. The quantitative estimate of drug-likeness (QED) is 0.0327. The Morgan fingerprint density at radius 2 is 1.35 bits per heavy atom. The van der Waals surface area contributed by atoms with E-state index >= 15 is 0 Å². The number of carbonyl (C=O) groups is 12. The van der Waals surface area contributed by atoms with Gasteiger partial charge in [-0.15, -0.1) is 0 Å². The minimum Gasteiger partial charge on any atom is -0.394 e. The molecule has 11 atom stereocenters. The average molecular weight is 1130 g/mol. The summed E-state index contributed by atoms with van der Waals surface area (Å²) in [5.41, 5.74) is 12.1. The molecule has 0 spiro atoms. The fraction of sp³-hybridized carbons (Fsp3) is 0.509. The molecular formula is C53H73N13O15. The van der Waals surface area contributed by atoms with Gasteiger partial charge < -0.3 is 79.2 Å². The zero-order valence-electron chi connectivity index (χ0n) is 45.6. The van der Waals surface area contributed by atoms with Gasteiger partial charge in [0.05, 0.1) is 31.8 Å². The largest absolute Gasteiger partial charge is 0.394 e. The van der Waals surface area contributed by atoms with Crippen molar-refractivity contribution in [2.24, 2.45) is 17.4 Å². The Hall–Kier alpha value is -8.50. The molecule has 12 amide bonds. The van der Waals surface area contributed by atoms with Crippen LogP contribution in [0, 0.1) is 5.92 Å². The van der Waals surface area contributed by atoms with Crippen molar-refractivity contribution in [3.8, 4) is 0 Å². The molecule has 0 radical (unpaired) electrons. The number of hydrogen-bond acceptors (Lipinski definition) is 15. The number of aromatic nitrogens is 1. The number of fused-ring (bicyclic) bond motifs is 1. The van der Waals surface area contributed by atoms with Gasteiger partial charge in [0, 0.05) is 42.2 Å².